The summed E-state index contributed by atoms with van der Waals surface area (Å²) in [5.74, 6) is -0.329. The van der Waals surface area contributed by atoms with Crippen molar-refractivity contribution < 1.29 is 4.79 Å². The third kappa shape index (κ3) is 2.51. The SMILES string of the molecule is O=C(NCc1cncs1)c1ccc(=O)[nH]n1. The summed E-state index contributed by atoms with van der Waals surface area (Å²) in [5, 5.41) is 8.48. The largest absolute Gasteiger partial charge is 0.346 e. The molecule has 2 rings (SSSR count). The molecular weight excluding hydrogens is 228 g/mol. The van der Waals surface area contributed by atoms with E-state index in [1.54, 1.807) is 11.7 Å². The summed E-state index contributed by atoms with van der Waals surface area (Å²) in [7, 11) is 0. The number of nitrogens with one attached hydrogen (secondary N) is 2. The lowest BCUT2D eigenvalue weighted by Gasteiger charge is -2.01. The number of amides is 1. The predicted molar refractivity (Wildman–Crippen MR) is 58.1 cm³/mol. The molecule has 2 heterocycles. The maximum absolute atomic E-state index is 11.5. The van der Waals surface area contributed by atoms with Gasteiger partial charge < -0.3 is 5.32 Å². The van der Waals surface area contributed by atoms with Crippen LogP contribution in [-0.4, -0.2) is 21.1 Å². The molecule has 0 aliphatic heterocycles. The maximum atomic E-state index is 11.5. The summed E-state index contributed by atoms with van der Waals surface area (Å²) in [6.07, 6.45) is 1.69. The van der Waals surface area contributed by atoms with Gasteiger partial charge >= 0.3 is 0 Å². The molecule has 82 valence electrons. The molecule has 0 bridgehead atoms. The number of carbonyl (C=O) groups excluding carboxylic acids is 1. The first-order chi connectivity index (χ1) is 7.75. The average molecular weight is 236 g/mol. The summed E-state index contributed by atoms with van der Waals surface area (Å²) >= 11 is 1.46. The number of aromatic nitrogens is 3. The highest BCUT2D eigenvalue weighted by Gasteiger charge is 2.06. The monoisotopic (exact) mass is 236 g/mol. The molecule has 0 aliphatic carbocycles. The van der Waals surface area contributed by atoms with Gasteiger partial charge in [0, 0.05) is 17.1 Å². The van der Waals surface area contributed by atoms with E-state index in [4.69, 9.17) is 0 Å². The van der Waals surface area contributed by atoms with Crippen molar-refractivity contribution in [2.75, 3.05) is 0 Å². The van der Waals surface area contributed by atoms with Crippen LogP contribution in [0.1, 0.15) is 15.4 Å². The van der Waals surface area contributed by atoms with Crippen LogP contribution in [0.2, 0.25) is 0 Å². The van der Waals surface area contributed by atoms with E-state index in [2.05, 4.69) is 20.5 Å². The van der Waals surface area contributed by atoms with E-state index in [0.717, 1.165) is 4.88 Å². The van der Waals surface area contributed by atoms with Crippen LogP contribution in [0.15, 0.2) is 28.6 Å². The van der Waals surface area contributed by atoms with Crippen molar-refractivity contribution in [1.29, 1.82) is 0 Å². The summed E-state index contributed by atoms with van der Waals surface area (Å²) in [5.41, 5.74) is 1.54. The van der Waals surface area contributed by atoms with Gasteiger partial charge in [-0.1, -0.05) is 0 Å². The van der Waals surface area contributed by atoms with Crippen molar-refractivity contribution in [3.63, 3.8) is 0 Å². The van der Waals surface area contributed by atoms with Crippen LogP contribution in [0.5, 0.6) is 0 Å². The van der Waals surface area contributed by atoms with Gasteiger partial charge in [0.2, 0.25) is 0 Å². The van der Waals surface area contributed by atoms with Gasteiger partial charge in [-0.25, -0.2) is 5.10 Å². The lowest BCUT2D eigenvalue weighted by Crippen LogP contribution is -2.24. The standard InChI is InChI=1S/C9H8N4O2S/c14-8-2-1-7(12-13-8)9(15)11-4-6-3-10-5-16-6/h1-3,5H,4H2,(H,11,15)(H,13,14). The van der Waals surface area contributed by atoms with Crippen LogP contribution in [0.25, 0.3) is 0 Å². The molecule has 16 heavy (non-hydrogen) atoms. The van der Waals surface area contributed by atoms with Gasteiger partial charge in [0.25, 0.3) is 11.5 Å². The fourth-order valence-electron chi connectivity index (χ4n) is 1.06. The first-order valence-electron chi connectivity index (χ1n) is 4.47. The highest BCUT2D eigenvalue weighted by molar-refractivity contribution is 7.09. The van der Waals surface area contributed by atoms with E-state index in [1.165, 1.54) is 23.5 Å². The second-order valence-electron chi connectivity index (χ2n) is 2.96. The Morgan fingerprint density at radius 2 is 2.38 bits per heavy atom. The molecular formula is C9H8N4O2S. The van der Waals surface area contributed by atoms with Crippen LogP contribution in [0.3, 0.4) is 0 Å². The number of thiazole rings is 1. The van der Waals surface area contributed by atoms with Crippen molar-refractivity contribution in [2.45, 2.75) is 6.54 Å². The Balaban J connectivity index is 1.98. The third-order valence-electron chi connectivity index (χ3n) is 1.82. The molecule has 2 N–H and O–H groups in total. The fourth-order valence-corrected chi connectivity index (χ4v) is 1.59. The van der Waals surface area contributed by atoms with Crippen LogP contribution >= 0.6 is 11.3 Å². The normalized spacial score (nSPS) is 10.0. The lowest BCUT2D eigenvalue weighted by molar-refractivity contribution is 0.0945. The molecule has 0 aromatic carbocycles. The van der Waals surface area contributed by atoms with E-state index in [9.17, 15) is 9.59 Å². The molecule has 0 saturated heterocycles. The molecule has 0 aliphatic rings. The zero-order chi connectivity index (χ0) is 11.4. The van der Waals surface area contributed by atoms with Crippen molar-refractivity contribution in [3.8, 4) is 0 Å². The lowest BCUT2D eigenvalue weighted by atomic mass is 10.3. The summed E-state index contributed by atoms with van der Waals surface area (Å²) in [4.78, 5) is 27.1. The smallest absolute Gasteiger partial charge is 0.272 e. The second-order valence-corrected chi connectivity index (χ2v) is 3.93. The molecule has 0 spiro atoms. The maximum Gasteiger partial charge on any atom is 0.272 e. The van der Waals surface area contributed by atoms with Crippen LogP contribution in [0, 0.1) is 0 Å². The zero-order valence-electron chi connectivity index (χ0n) is 8.14. The molecule has 1 amide bonds. The molecule has 6 nitrogen and oxygen atoms in total. The molecule has 2 aromatic heterocycles. The molecule has 2 aromatic rings. The minimum atomic E-state index is -0.334. The molecule has 0 saturated carbocycles. The number of nitrogens with zero attached hydrogens (tertiary/aromatic N) is 2. The third-order valence-corrected chi connectivity index (χ3v) is 2.60. The average Bonchev–Trinajstić information content (AvgIpc) is 2.80. The highest BCUT2D eigenvalue weighted by atomic mass is 32.1. The van der Waals surface area contributed by atoms with Gasteiger partial charge in [0.1, 0.15) is 5.69 Å². The van der Waals surface area contributed by atoms with Crippen molar-refractivity contribution in [2.24, 2.45) is 0 Å². The zero-order valence-corrected chi connectivity index (χ0v) is 8.95. The molecule has 0 fully saturated rings. The van der Waals surface area contributed by atoms with Gasteiger partial charge in [-0.2, -0.15) is 5.10 Å². The van der Waals surface area contributed by atoms with E-state index < -0.39 is 0 Å². The van der Waals surface area contributed by atoms with Crippen molar-refractivity contribution in [3.05, 3.63) is 44.8 Å². The Morgan fingerprint density at radius 1 is 1.50 bits per heavy atom. The Morgan fingerprint density at radius 3 is 3.00 bits per heavy atom. The van der Waals surface area contributed by atoms with Crippen LogP contribution < -0.4 is 10.9 Å². The van der Waals surface area contributed by atoms with Crippen LogP contribution in [0.4, 0.5) is 0 Å². The van der Waals surface area contributed by atoms with Crippen molar-refractivity contribution in [1.82, 2.24) is 20.5 Å². The summed E-state index contributed by atoms with van der Waals surface area (Å²) < 4.78 is 0. The first kappa shape index (κ1) is 10.5. The minimum absolute atomic E-state index is 0.184. The van der Waals surface area contributed by atoms with E-state index >= 15 is 0 Å². The summed E-state index contributed by atoms with van der Waals surface area (Å²) in [6, 6.07) is 2.63. The minimum Gasteiger partial charge on any atom is -0.346 e. The van der Waals surface area contributed by atoms with Gasteiger partial charge in [-0.15, -0.1) is 11.3 Å². The fraction of sp³-hybridized carbons (Fsp3) is 0.111. The number of carbonyl (C=O) groups is 1. The Bertz CT molecular complexity index is 514. The second kappa shape index (κ2) is 4.67. The van der Waals surface area contributed by atoms with Crippen LogP contribution in [-0.2, 0) is 6.54 Å². The quantitative estimate of drug-likeness (QED) is 0.794. The number of rotatable bonds is 3. The molecule has 0 atom stereocenters. The van der Waals surface area contributed by atoms with Crippen molar-refractivity contribution >= 4 is 17.2 Å². The first-order valence-corrected chi connectivity index (χ1v) is 5.35. The predicted octanol–water partition coefficient (Wildman–Crippen LogP) is 0.156. The topological polar surface area (TPSA) is 87.7 Å². The van der Waals surface area contributed by atoms with Gasteiger partial charge in [0.15, 0.2) is 0 Å². The van der Waals surface area contributed by atoms with E-state index in [0.29, 0.717) is 6.54 Å². The Hall–Kier alpha value is -2.02. The number of H-pyrrole nitrogens is 1. The van der Waals surface area contributed by atoms with Gasteiger partial charge in [-0.3, -0.25) is 14.6 Å². The molecule has 0 unspecified atom stereocenters. The Labute approximate surface area is 94.4 Å². The van der Waals surface area contributed by atoms with Gasteiger partial charge in [0.05, 0.1) is 12.1 Å². The van der Waals surface area contributed by atoms with E-state index in [-0.39, 0.29) is 17.2 Å². The number of hydrogen-bond donors (Lipinski definition) is 2. The Kier molecular flexibility index (Phi) is 3.06. The van der Waals surface area contributed by atoms with Gasteiger partial charge in [-0.05, 0) is 6.07 Å². The number of hydrogen-bond acceptors (Lipinski definition) is 5. The summed E-state index contributed by atoms with van der Waals surface area (Å²) in [6.45, 7) is 0.407. The highest BCUT2D eigenvalue weighted by Crippen LogP contribution is 2.04. The molecule has 7 heteroatoms. The number of aromatic amines is 1. The van der Waals surface area contributed by atoms with E-state index in [1.807, 2.05) is 0 Å². The molecule has 0 radical (unpaired) electrons.